The number of carboxylic acids is 1. The van der Waals surface area contributed by atoms with Crippen molar-refractivity contribution in [3.8, 4) is 0 Å². The van der Waals surface area contributed by atoms with Gasteiger partial charge in [-0.1, -0.05) is 43.5 Å². The molecule has 2 aliphatic rings. The fourth-order valence-corrected chi connectivity index (χ4v) is 3.85. The summed E-state index contributed by atoms with van der Waals surface area (Å²) in [5, 5.41) is 9.62. The maximum atomic E-state index is 11.8. The highest BCUT2D eigenvalue weighted by Gasteiger charge is 2.45. The number of carbonyl (C=O) groups is 2. The van der Waals surface area contributed by atoms with Crippen LogP contribution in [0.15, 0.2) is 24.3 Å². The van der Waals surface area contributed by atoms with Crippen molar-refractivity contribution in [2.75, 3.05) is 0 Å². The van der Waals surface area contributed by atoms with Gasteiger partial charge in [-0.2, -0.15) is 0 Å². The molecule has 1 unspecified atom stereocenters. The molecule has 0 bridgehead atoms. The molecule has 1 heterocycles. The molecule has 0 spiro atoms. The maximum Gasteiger partial charge on any atom is 0.321 e. The number of hydrogen-bond donors (Lipinski definition) is 1. The van der Waals surface area contributed by atoms with Crippen LogP contribution in [0, 0.1) is 0 Å². The molecule has 4 heteroatoms. The zero-order valence-electron chi connectivity index (χ0n) is 12.1. The summed E-state index contributed by atoms with van der Waals surface area (Å²) in [5.74, 6) is -0.823. The molecule has 1 aliphatic heterocycles. The second-order valence-corrected chi connectivity index (χ2v) is 6.24. The van der Waals surface area contributed by atoms with E-state index in [1.165, 1.54) is 0 Å². The SMILES string of the molecule is O=CC1(N2Cc3ccccc3CC2C(=O)O)CCCCC1. The third-order valence-electron chi connectivity index (χ3n) is 5.04. The van der Waals surface area contributed by atoms with Crippen molar-refractivity contribution >= 4 is 12.3 Å². The predicted octanol–water partition coefficient (Wildman–Crippen LogP) is 2.40. The van der Waals surface area contributed by atoms with Crippen LogP contribution in [-0.2, 0) is 22.6 Å². The topological polar surface area (TPSA) is 57.6 Å². The van der Waals surface area contributed by atoms with Gasteiger partial charge in [-0.15, -0.1) is 0 Å². The molecule has 1 aromatic rings. The van der Waals surface area contributed by atoms with Crippen LogP contribution in [0.5, 0.6) is 0 Å². The zero-order chi connectivity index (χ0) is 14.9. The molecule has 1 atom stereocenters. The van der Waals surface area contributed by atoms with Crippen molar-refractivity contribution in [3.05, 3.63) is 35.4 Å². The van der Waals surface area contributed by atoms with E-state index in [4.69, 9.17) is 0 Å². The fraction of sp³-hybridized carbons (Fsp3) is 0.529. The lowest BCUT2D eigenvalue weighted by atomic mass is 9.78. The standard InChI is InChI=1S/C17H21NO3/c19-12-17(8-4-1-5-9-17)18-11-14-7-3-2-6-13(14)10-15(18)16(20)21/h2-3,6-7,12,15H,1,4-5,8-11H2,(H,20,21). The van der Waals surface area contributed by atoms with Gasteiger partial charge in [0, 0.05) is 6.54 Å². The molecule has 0 amide bonds. The molecular formula is C17H21NO3. The van der Waals surface area contributed by atoms with E-state index in [0.717, 1.165) is 49.5 Å². The molecule has 0 saturated heterocycles. The highest BCUT2D eigenvalue weighted by molar-refractivity contribution is 5.76. The van der Waals surface area contributed by atoms with Gasteiger partial charge >= 0.3 is 5.97 Å². The smallest absolute Gasteiger partial charge is 0.321 e. The lowest BCUT2D eigenvalue weighted by Gasteiger charge is -2.47. The molecule has 0 aromatic heterocycles. The van der Waals surface area contributed by atoms with Crippen molar-refractivity contribution in [2.24, 2.45) is 0 Å². The average Bonchev–Trinajstić information content (AvgIpc) is 2.54. The predicted molar refractivity (Wildman–Crippen MR) is 79.0 cm³/mol. The monoisotopic (exact) mass is 287 g/mol. The van der Waals surface area contributed by atoms with Crippen LogP contribution in [0.2, 0.25) is 0 Å². The van der Waals surface area contributed by atoms with Crippen molar-refractivity contribution in [1.29, 1.82) is 0 Å². The zero-order valence-corrected chi connectivity index (χ0v) is 12.1. The molecule has 1 aliphatic carbocycles. The van der Waals surface area contributed by atoms with Gasteiger partial charge < -0.3 is 9.90 Å². The highest BCUT2D eigenvalue weighted by Crippen LogP contribution is 2.37. The Labute approximate surface area is 124 Å². The average molecular weight is 287 g/mol. The molecule has 4 nitrogen and oxygen atoms in total. The molecular weight excluding hydrogens is 266 g/mol. The van der Waals surface area contributed by atoms with E-state index >= 15 is 0 Å². The largest absolute Gasteiger partial charge is 0.480 e. The normalized spacial score (nSPS) is 25.0. The number of carbonyl (C=O) groups excluding carboxylic acids is 1. The summed E-state index contributed by atoms with van der Waals surface area (Å²) in [7, 11) is 0. The van der Waals surface area contributed by atoms with E-state index in [-0.39, 0.29) is 0 Å². The van der Waals surface area contributed by atoms with Crippen LogP contribution in [0.25, 0.3) is 0 Å². The molecule has 3 rings (SSSR count). The summed E-state index contributed by atoms with van der Waals surface area (Å²) in [5.41, 5.74) is 1.66. The second kappa shape index (κ2) is 5.60. The Morgan fingerprint density at radius 2 is 1.86 bits per heavy atom. The quantitative estimate of drug-likeness (QED) is 0.867. The molecule has 112 valence electrons. The lowest BCUT2D eigenvalue weighted by molar-refractivity contribution is -0.150. The van der Waals surface area contributed by atoms with E-state index < -0.39 is 17.6 Å². The van der Waals surface area contributed by atoms with E-state index in [1.807, 2.05) is 29.2 Å². The fourth-order valence-electron chi connectivity index (χ4n) is 3.85. The van der Waals surface area contributed by atoms with Gasteiger partial charge in [0.25, 0.3) is 0 Å². The van der Waals surface area contributed by atoms with E-state index in [9.17, 15) is 14.7 Å². The summed E-state index contributed by atoms with van der Waals surface area (Å²) < 4.78 is 0. The second-order valence-electron chi connectivity index (χ2n) is 6.24. The summed E-state index contributed by atoms with van der Waals surface area (Å²) in [6, 6.07) is 7.37. The first kappa shape index (κ1) is 14.3. The summed E-state index contributed by atoms with van der Waals surface area (Å²) >= 11 is 0. The number of rotatable bonds is 3. The maximum absolute atomic E-state index is 11.8. The van der Waals surface area contributed by atoms with Gasteiger partial charge in [-0.3, -0.25) is 9.69 Å². The molecule has 1 fully saturated rings. The molecule has 0 radical (unpaired) electrons. The summed E-state index contributed by atoms with van der Waals surface area (Å²) in [4.78, 5) is 25.5. The van der Waals surface area contributed by atoms with Gasteiger partial charge in [0.05, 0.1) is 5.54 Å². The number of carboxylic acid groups (broad SMARTS) is 1. The number of aliphatic carboxylic acids is 1. The van der Waals surface area contributed by atoms with Crippen molar-refractivity contribution in [1.82, 2.24) is 4.90 Å². The Hall–Kier alpha value is -1.68. The van der Waals surface area contributed by atoms with Crippen molar-refractivity contribution in [3.63, 3.8) is 0 Å². The molecule has 1 saturated carbocycles. The minimum absolute atomic E-state index is 0.487. The van der Waals surface area contributed by atoms with Crippen molar-refractivity contribution in [2.45, 2.75) is 56.7 Å². The van der Waals surface area contributed by atoms with Crippen LogP contribution in [0.4, 0.5) is 0 Å². The Bertz CT molecular complexity index is 549. The highest BCUT2D eigenvalue weighted by atomic mass is 16.4. The lowest BCUT2D eigenvalue weighted by Crippen LogP contribution is -2.59. The minimum atomic E-state index is -0.823. The Morgan fingerprint density at radius 1 is 1.19 bits per heavy atom. The van der Waals surface area contributed by atoms with Crippen LogP contribution in [0.3, 0.4) is 0 Å². The van der Waals surface area contributed by atoms with Gasteiger partial charge in [-0.05, 0) is 30.4 Å². The first-order valence-electron chi connectivity index (χ1n) is 7.69. The van der Waals surface area contributed by atoms with Gasteiger partial charge in [-0.25, -0.2) is 0 Å². The van der Waals surface area contributed by atoms with Crippen LogP contribution < -0.4 is 0 Å². The first-order valence-corrected chi connectivity index (χ1v) is 7.69. The van der Waals surface area contributed by atoms with Crippen LogP contribution in [0.1, 0.15) is 43.2 Å². The van der Waals surface area contributed by atoms with Crippen LogP contribution >= 0.6 is 0 Å². The summed E-state index contributed by atoms with van der Waals surface area (Å²) in [6.45, 7) is 0.561. The van der Waals surface area contributed by atoms with Gasteiger partial charge in [0.1, 0.15) is 12.3 Å². The van der Waals surface area contributed by atoms with E-state index in [2.05, 4.69) is 0 Å². The summed E-state index contributed by atoms with van der Waals surface area (Å²) in [6.07, 6.45) is 6.20. The number of fused-ring (bicyclic) bond motifs is 1. The number of nitrogens with zero attached hydrogens (tertiary/aromatic N) is 1. The van der Waals surface area contributed by atoms with Crippen LogP contribution in [-0.4, -0.2) is 33.8 Å². The minimum Gasteiger partial charge on any atom is -0.480 e. The molecule has 21 heavy (non-hydrogen) atoms. The molecule has 1 N–H and O–H groups in total. The molecule has 1 aromatic carbocycles. The Morgan fingerprint density at radius 3 is 2.48 bits per heavy atom. The number of aldehydes is 1. The van der Waals surface area contributed by atoms with Gasteiger partial charge in [0.15, 0.2) is 0 Å². The number of hydrogen-bond acceptors (Lipinski definition) is 3. The Balaban J connectivity index is 1.98. The van der Waals surface area contributed by atoms with Gasteiger partial charge in [0.2, 0.25) is 0 Å². The third-order valence-corrected chi connectivity index (χ3v) is 5.04. The first-order chi connectivity index (χ1) is 10.2. The van der Waals surface area contributed by atoms with Crippen molar-refractivity contribution < 1.29 is 14.7 Å². The number of benzene rings is 1. The third kappa shape index (κ3) is 2.48. The van der Waals surface area contributed by atoms with E-state index in [1.54, 1.807) is 0 Å². The Kier molecular flexibility index (Phi) is 3.81. The van der Waals surface area contributed by atoms with E-state index in [0.29, 0.717) is 13.0 Å².